The fourth-order valence-corrected chi connectivity index (χ4v) is 2.27. The van der Waals surface area contributed by atoms with Gasteiger partial charge in [0.25, 0.3) is 0 Å². The largest absolute Gasteiger partial charge is 0.416 e. The summed E-state index contributed by atoms with van der Waals surface area (Å²) in [5, 5.41) is 0. The summed E-state index contributed by atoms with van der Waals surface area (Å²) in [7, 11) is 0. The molecule has 0 aliphatic rings. The van der Waals surface area contributed by atoms with Crippen molar-refractivity contribution in [2.24, 2.45) is 5.73 Å². The van der Waals surface area contributed by atoms with Crippen molar-refractivity contribution >= 4 is 21.7 Å². The Hall–Kier alpha value is -1.60. The molecule has 1 heterocycles. The zero-order valence-electron chi connectivity index (χ0n) is 10.2. The highest BCUT2D eigenvalue weighted by molar-refractivity contribution is 9.10. The molecular formula is C13H11BrF3N3. The first-order chi connectivity index (χ1) is 9.30. The number of halogens is 4. The van der Waals surface area contributed by atoms with Gasteiger partial charge in [-0.3, -0.25) is 0 Å². The van der Waals surface area contributed by atoms with Gasteiger partial charge in [-0.25, -0.2) is 4.98 Å². The molecule has 0 aliphatic carbocycles. The summed E-state index contributed by atoms with van der Waals surface area (Å²) in [4.78, 5) is 3.84. The predicted octanol–water partition coefficient (Wildman–Crippen LogP) is 3.49. The van der Waals surface area contributed by atoms with Crippen LogP contribution in [0, 0.1) is 0 Å². The summed E-state index contributed by atoms with van der Waals surface area (Å²) in [5.74, 6) is 0.121. The highest BCUT2D eigenvalue weighted by atomic mass is 79.9. The Balaban J connectivity index is 2.56. The molecule has 0 saturated carbocycles. The number of alkyl halides is 3. The van der Waals surface area contributed by atoms with Crippen LogP contribution in [0.3, 0.4) is 0 Å². The normalized spacial score (nSPS) is 13.2. The summed E-state index contributed by atoms with van der Waals surface area (Å²) >= 11 is 3.03. The molecule has 106 valence electrons. The van der Waals surface area contributed by atoms with E-state index in [0.717, 1.165) is 6.07 Å². The van der Waals surface area contributed by atoms with Crippen molar-refractivity contribution in [2.75, 3.05) is 5.73 Å². The van der Waals surface area contributed by atoms with Gasteiger partial charge in [0.2, 0.25) is 0 Å². The fraction of sp³-hybridized carbons (Fsp3) is 0.154. The third-order valence-electron chi connectivity index (χ3n) is 2.86. The standard InChI is InChI=1S/C13H11BrF3N3/c14-7-3-4-8(10(6-7)13(15,16)17)11(18)9-2-1-5-20-12(9)19/h1-6,11H,18H2,(H2,19,20). The Morgan fingerprint density at radius 2 is 1.85 bits per heavy atom. The molecule has 0 saturated heterocycles. The zero-order valence-corrected chi connectivity index (χ0v) is 11.7. The second-order valence-corrected chi connectivity index (χ2v) is 5.10. The monoisotopic (exact) mass is 345 g/mol. The van der Waals surface area contributed by atoms with Gasteiger partial charge in [-0.2, -0.15) is 13.2 Å². The van der Waals surface area contributed by atoms with Crippen molar-refractivity contribution in [3.8, 4) is 0 Å². The Kier molecular flexibility index (Phi) is 4.01. The van der Waals surface area contributed by atoms with E-state index >= 15 is 0 Å². The van der Waals surface area contributed by atoms with E-state index < -0.39 is 17.8 Å². The van der Waals surface area contributed by atoms with Gasteiger partial charge in [-0.05, 0) is 23.8 Å². The van der Waals surface area contributed by atoms with Crippen molar-refractivity contribution in [1.82, 2.24) is 4.98 Å². The van der Waals surface area contributed by atoms with Gasteiger partial charge in [-0.15, -0.1) is 0 Å². The molecule has 1 aromatic heterocycles. The van der Waals surface area contributed by atoms with E-state index in [1.807, 2.05) is 0 Å². The SMILES string of the molecule is Nc1ncccc1C(N)c1ccc(Br)cc1C(F)(F)F. The lowest BCUT2D eigenvalue weighted by Gasteiger charge is -2.19. The number of benzene rings is 1. The van der Waals surface area contributed by atoms with Gasteiger partial charge in [0.1, 0.15) is 5.82 Å². The van der Waals surface area contributed by atoms with Crippen molar-refractivity contribution in [3.63, 3.8) is 0 Å². The van der Waals surface area contributed by atoms with Crippen LogP contribution in [0.1, 0.15) is 22.7 Å². The van der Waals surface area contributed by atoms with Crippen LogP contribution >= 0.6 is 15.9 Å². The molecule has 0 fully saturated rings. The van der Waals surface area contributed by atoms with Crippen LogP contribution in [0.2, 0.25) is 0 Å². The highest BCUT2D eigenvalue weighted by Crippen LogP contribution is 2.37. The molecule has 0 bridgehead atoms. The molecule has 4 N–H and O–H groups in total. The number of rotatable bonds is 2. The number of nitrogens with two attached hydrogens (primary N) is 2. The fourth-order valence-electron chi connectivity index (χ4n) is 1.91. The maximum Gasteiger partial charge on any atom is 0.416 e. The lowest BCUT2D eigenvalue weighted by atomic mass is 9.95. The first-order valence-corrected chi connectivity index (χ1v) is 6.42. The molecule has 1 aromatic carbocycles. The number of nitrogens with zero attached hydrogens (tertiary/aromatic N) is 1. The first-order valence-electron chi connectivity index (χ1n) is 5.63. The second-order valence-electron chi connectivity index (χ2n) is 4.18. The summed E-state index contributed by atoms with van der Waals surface area (Å²) in [5.41, 5.74) is 11.1. The van der Waals surface area contributed by atoms with E-state index in [0.29, 0.717) is 10.0 Å². The molecule has 0 aliphatic heterocycles. The molecule has 1 unspecified atom stereocenters. The van der Waals surface area contributed by atoms with Crippen molar-refractivity contribution < 1.29 is 13.2 Å². The number of anilines is 1. The number of hydrogen-bond acceptors (Lipinski definition) is 3. The Bertz CT molecular complexity index is 628. The second kappa shape index (κ2) is 5.41. The van der Waals surface area contributed by atoms with Gasteiger partial charge in [0, 0.05) is 16.2 Å². The van der Waals surface area contributed by atoms with E-state index in [1.165, 1.54) is 18.3 Å². The summed E-state index contributed by atoms with van der Waals surface area (Å²) < 4.78 is 39.6. The minimum Gasteiger partial charge on any atom is -0.383 e. The molecule has 0 radical (unpaired) electrons. The van der Waals surface area contributed by atoms with Crippen LogP contribution in [-0.2, 0) is 6.18 Å². The van der Waals surface area contributed by atoms with Gasteiger partial charge < -0.3 is 11.5 Å². The van der Waals surface area contributed by atoms with Crippen molar-refractivity contribution in [1.29, 1.82) is 0 Å². The van der Waals surface area contributed by atoms with Gasteiger partial charge in [0.15, 0.2) is 0 Å². The van der Waals surface area contributed by atoms with Gasteiger partial charge in [-0.1, -0.05) is 28.1 Å². The smallest absolute Gasteiger partial charge is 0.383 e. The summed E-state index contributed by atoms with van der Waals surface area (Å²) in [6.07, 6.45) is -3.04. The van der Waals surface area contributed by atoms with Crippen LogP contribution in [0.5, 0.6) is 0 Å². The number of pyridine rings is 1. The van der Waals surface area contributed by atoms with Gasteiger partial charge >= 0.3 is 6.18 Å². The molecule has 3 nitrogen and oxygen atoms in total. The van der Waals surface area contributed by atoms with Gasteiger partial charge in [0.05, 0.1) is 11.6 Å². The summed E-state index contributed by atoms with van der Waals surface area (Å²) in [6.45, 7) is 0. The van der Waals surface area contributed by atoms with E-state index in [9.17, 15) is 13.2 Å². The van der Waals surface area contributed by atoms with Crippen LogP contribution in [0.4, 0.5) is 19.0 Å². The topological polar surface area (TPSA) is 64.9 Å². The van der Waals surface area contributed by atoms with E-state index in [2.05, 4.69) is 20.9 Å². The predicted molar refractivity (Wildman–Crippen MR) is 73.8 cm³/mol. The quantitative estimate of drug-likeness (QED) is 0.875. The maximum absolute atomic E-state index is 13.1. The lowest BCUT2D eigenvalue weighted by molar-refractivity contribution is -0.138. The Morgan fingerprint density at radius 3 is 2.45 bits per heavy atom. The van der Waals surface area contributed by atoms with Crippen LogP contribution in [-0.4, -0.2) is 4.98 Å². The third kappa shape index (κ3) is 2.94. The van der Waals surface area contributed by atoms with Crippen LogP contribution in [0.15, 0.2) is 41.0 Å². The Labute approximate surface area is 121 Å². The average Bonchev–Trinajstić information content (AvgIpc) is 2.37. The van der Waals surface area contributed by atoms with Crippen molar-refractivity contribution in [2.45, 2.75) is 12.2 Å². The van der Waals surface area contributed by atoms with E-state index in [-0.39, 0.29) is 11.4 Å². The molecule has 2 rings (SSSR count). The molecule has 2 aromatic rings. The number of nitrogen functional groups attached to an aromatic ring is 1. The minimum absolute atomic E-state index is 0.0413. The maximum atomic E-state index is 13.1. The highest BCUT2D eigenvalue weighted by Gasteiger charge is 2.35. The van der Waals surface area contributed by atoms with E-state index in [4.69, 9.17) is 11.5 Å². The lowest BCUT2D eigenvalue weighted by Crippen LogP contribution is -2.20. The minimum atomic E-state index is -4.49. The third-order valence-corrected chi connectivity index (χ3v) is 3.36. The molecule has 20 heavy (non-hydrogen) atoms. The Morgan fingerprint density at radius 1 is 1.15 bits per heavy atom. The molecular weight excluding hydrogens is 335 g/mol. The zero-order chi connectivity index (χ0) is 14.9. The molecule has 0 spiro atoms. The number of aromatic nitrogens is 1. The van der Waals surface area contributed by atoms with E-state index in [1.54, 1.807) is 12.1 Å². The van der Waals surface area contributed by atoms with Crippen molar-refractivity contribution in [3.05, 3.63) is 57.7 Å². The number of hydrogen-bond donors (Lipinski definition) is 2. The molecule has 1 atom stereocenters. The average molecular weight is 346 g/mol. The van der Waals surface area contributed by atoms with Crippen LogP contribution in [0.25, 0.3) is 0 Å². The molecule has 0 amide bonds. The summed E-state index contributed by atoms with van der Waals surface area (Å²) in [6, 6.07) is 6.00. The van der Waals surface area contributed by atoms with Crippen LogP contribution < -0.4 is 11.5 Å². The first kappa shape index (κ1) is 14.8. The molecule has 7 heteroatoms.